The molecule has 1 amide bonds. The van der Waals surface area contributed by atoms with Crippen molar-refractivity contribution in [2.45, 2.75) is 26.7 Å². The lowest BCUT2D eigenvalue weighted by atomic mass is 9.96. The molecule has 0 fully saturated rings. The topological polar surface area (TPSA) is 49.9 Å². The molecule has 126 valence electrons. The second-order valence-corrected chi connectivity index (χ2v) is 5.77. The van der Waals surface area contributed by atoms with Crippen molar-refractivity contribution >= 4 is 17.6 Å². The van der Waals surface area contributed by atoms with Gasteiger partial charge in [-0.3, -0.25) is 9.59 Å². The molecule has 0 aromatic heterocycles. The third-order valence-corrected chi connectivity index (χ3v) is 4.06. The number of anilines is 1. The van der Waals surface area contributed by atoms with Crippen LogP contribution in [0.3, 0.4) is 0 Å². The van der Waals surface area contributed by atoms with Crippen LogP contribution in [0, 0.1) is 12.7 Å². The van der Waals surface area contributed by atoms with Crippen LogP contribution in [0.4, 0.5) is 10.1 Å². The molecule has 0 aliphatic carbocycles. The zero-order chi connectivity index (χ0) is 17.0. The summed E-state index contributed by atoms with van der Waals surface area (Å²) in [6, 6.07) is 3.21. The number of halogens is 1. The van der Waals surface area contributed by atoms with Gasteiger partial charge in [0.1, 0.15) is 12.4 Å². The quantitative estimate of drug-likeness (QED) is 0.777. The highest BCUT2D eigenvalue weighted by Gasteiger charge is 2.25. The van der Waals surface area contributed by atoms with Crippen molar-refractivity contribution in [2.75, 3.05) is 38.2 Å². The standard InChI is InChI=1S/C17H23FN2O3/c1-4-23-16(22)11-19(3)15(21)10-20-9-5-6-13-12(2)7-8-14(18)17(13)20/h7-8H,4-6,9-11H2,1-3H3. The van der Waals surface area contributed by atoms with Gasteiger partial charge in [0.15, 0.2) is 0 Å². The normalized spacial score (nSPS) is 13.5. The Morgan fingerprint density at radius 3 is 2.83 bits per heavy atom. The third kappa shape index (κ3) is 4.00. The first-order valence-electron chi connectivity index (χ1n) is 7.86. The largest absolute Gasteiger partial charge is 0.465 e. The van der Waals surface area contributed by atoms with Gasteiger partial charge >= 0.3 is 5.97 Å². The van der Waals surface area contributed by atoms with Gasteiger partial charge < -0.3 is 14.5 Å². The number of carbonyl (C=O) groups excluding carboxylic acids is 2. The second-order valence-electron chi connectivity index (χ2n) is 5.77. The second kappa shape index (κ2) is 7.44. The zero-order valence-electron chi connectivity index (χ0n) is 13.9. The molecule has 23 heavy (non-hydrogen) atoms. The van der Waals surface area contributed by atoms with Crippen LogP contribution in [-0.2, 0) is 20.7 Å². The predicted molar refractivity (Wildman–Crippen MR) is 85.9 cm³/mol. The van der Waals surface area contributed by atoms with E-state index in [-0.39, 0.29) is 31.4 Å². The van der Waals surface area contributed by atoms with Crippen LogP contribution in [0.1, 0.15) is 24.5 Å². The van der Waals surface area contributed by atoms with E-state index >= 15 is 0 Å². The number of esters is 1. The molecule has 1 aromatic rings. The van der Waals surface area contributed by atoms with Crippen molar-refractivity contribution in [3.63, 3.8) is 0 Å². The Bertz CT molecular complexity index is 604. The van der Waals surface area contributed by atoms with Gasteiger partial charge in [0.2, 0.25) is 5.91 Å². The van der Waals surface area contributed by atoms with Gasteiger partial charge in [-0.05, 0) is 43.9 Å². The summed E-state index contributed by atoms with van der Waals surface area (Å²) in [5.41, 5.74) is 2.53. The summed E-state index contributed by atoms with van der Waals surface area (Å²) in [6.07, 6.45) is 1.70. The minimum atomic E-state index is -0.440. The molecule has 0 saturated carbocycles. The monoisotopic (exact) mass is 322 g/mol. The number of likely N-dealkylation sites (N-methyl/N-ethyl adjacent to an activating group) is 1. The van der Waals surface area contributed by atoms with E-state index < -0.39 is 5.97 Å². The molecule has 0 bridgehead atoms. The maximum absolute atomic E-state index is 14.2. The maximum atomic E-state index is 14.2. The number of hydrogen-bond donors (Lipinski definition) is 0. The van der Waals surface area contributed by atoms with Gasteiger partial charge in [0, 0.05) is 13.6 Å². The molecule has 5 nitrogen and oxygen atoms in total. The predicted octanol–water partition coefficient (Wildman–Crippen LogP) is 1.91. The molecule has 1 aliphatic rings. The fourth-order valence-corrected chi connectivity index (χ4v) is 2.86. The van der Waals surface area contributed by atoms with Crippen molar-refractivity contribution < 1.29 is 18.7 Å². The smallest absolute Gasteiger partial charge is 0.325 e. The zero-order valence-corrected chi connectivity index (χ0v) is 13.9. The first-order chi connectivity index (χ1) is 10.9. The number of fused-ring (bicyclic) bond motifs is 1. The number of rotatable bonds is 5. The molecule has 6 heteroatoms. The minimum absolute atomic E-state index is 0.0588. The summed E-state index contributed by atoms with van der Waals surface area (Å²) in [5, 5.41) is 0. The Labute approximate surface area is 136 Å². The lowest BCUT2D eigenvalue weighted by Gasteiger charge is -2.33. The molecule has 1 aliphatic heterocycles. The van der Waals surface area contributed by atoms with E-state index in [2.05, 4.69) is 0 Å². The Morgan fingerprint density at radius 2 is 2.13 bits per heavy atom. The van der Waals surface area contributed by atoms with E-state index in [9.17, 15) is 14.0 Å². The lowest BCUT2D eigenvalue weighted by Crippen LogP contribution is -2.43. The molecule has 0 unspecified atom stereocenters. The van der Waals surface area contributed by atoms with Crippen LogP contribution < -0.4 is 4.90 Å². The number of hydrogen-bond acceptors (Lipinski definition) is 4. The van der Waals surface area contributed by atoms with Gasteiger partial charge in [-0.25, -0.2) is 4.39 Å². The Morgan fingerprint density at radius 1 is 1.39 bits per heavy atom. The van der Waals surface area contributed by atoms with E-state index in [1.54, 1.807) is 24.9 Å². The molecule has 0 N–H and O–H groups in total. The number of amides is 1. The van der Waals surface area contributed by atoms with Crippen LogP contribution in [0.2, 0.25) is 0 Å². The summed E-state index contributed by atoms with van der Waals surface area (Å²) < 4.78 is 19.1. The van der Waals surface area contributed by atoms with Crippen molar-refractivity contribution in [1.29, 1.82) is 0 Å². The molecule has 0 atom stereocenters. The summed E-state index contributed by atoms with van der Waals surface area (Å²) >= 11 is 0. The van der Waals surface area contributed by atoms with E-state index in [1.165, 1.54) is 11.0 Å². The minimum Gasteiger partial charge on any atom is -0.465 e. The summed E-state index contributed by atoms with van der Waals surface area (Å²) in [4.78, 5) is 26.9. The van der Waals surface area contributed by atoms with E-state index in [0.29, 0.717) is 12.2 Å². The number of aryl methyl sites for hydroxylation is 1. The molecule has 2 rings (SSSR count). The van der Waals surface area contributed by atoms with Gasteiger partial charge in [-0.15, -0.1) is 0 Å². The Hall–Kier alpha value is -2.11. The lowest BCUT2D eigenvalue weighted by molar-refractivity contribution is -0.147. The van der Waals surface area contributed by atoms with Crippen LogP contribution in [0.15, 0.2) is 12.1 Å². The highest BCUT2D eigenvalue weighted by Crippen LogP contribution is 2.32. The summed E-state index contributed by atoms with van der Waals surface area (Å²) in [7, 11) is 1.55. The van der Waals surface area contributed by atoms with Crippen molar-refractivity contribution in [2.24, 2.45) is 0 Å². The van der Waals surface area contributed by atoms with Gasteiger partial charge in [-0.2, -0.15) is 0 Å². The Balaban J connectivity index is 2.09. The number of ether oxygens (including phenoxy) is 1. The SMILES string of the molecule is CCOC(=O)CN(C)C(=O)CN1CCCc2c(C)ccc(F)c21. The van der Waals surface area contributed by atoms with Crippen molar-refractivity contribution in [3.8, 4) is 0 Å². The number of nitrogens with zero attached hydrogens (tertiary/aromatic N) is 2. The first-order valence-corrected chi connectivity index (χ1v) is 7.86. The third-order valence-electron chi connectivity index (χ3n) is 4.06. The highest BCUT2D eigenvalue weighted by molar-refractivity contribution is 5.85. The molecule has 1 heterocycles. The number of carbonyl (C=O) groups is 2. The fraction of sp³-hybridized carbons (Fsp3) is 0.529. The first kappa shape index (κ1) is 17.2. The summed E-state index contributed by atoms with van der Waals surface area (Å²) in [6.45, 7) is 4.55. The van der Waals surface area contributed by atoms with E-state index in [0.717, 1.165) is 24.0 Å². The maximum Gasteiger partial charge on any atom is 0.325 e. The van der Waals surface area contributed by atoms with Crippen molar-refractivity contribution in [3.05, 3.63) is 29.1 Å². The Kier molecular flexibility index (Phi) is 5.58. The van der Waals surface area contributed by atoms with Gasteiger partial charge in [0.25, 0.3) is 0 Å². The van der Waals surface area contributed by atoms with Crippen LogP contribution in [0.5, 0.6) is 0 Å². The molecular formula is C17H23FN2O3. The molecule has 0 saturated heterocycles. The summed E-state index contributed by atoms with van der Waals surface area (Å²) in [5.74, 6) is -0.970. The van der Waals surface area contributed by atoms with Crippen LogP contribution in [-0.4, -0.2) is 50.1 Å². The molecule has 1 aromatic carbocycles. The van der Waals surface area contributed by atoms with Crippen LogP contribution in [0.25, 0.3) is 0 Å². The average molecular weight is 322 g/mol. The van der Waals surface area contributed by atoms with Gasteiger partial charge in [0.05, 0.1) is 18.8 Å². The number of benzene rings is 1. The fourth-order valence-electron chi connectivity index (χ4n) is 2.86. The molecular weight excluding hydrogens is 299 g/mol. The van der Waals surface area contributed by atoms with E-state index in [4.69, 9.17) is 4.74 Å². The van der Waals surface area contributed by atoms with Crippen molar-refractivity contribution in [1.82, 2.24) is 4.90 Å². The average Bonchev–Trinajstić information content (AvgIpc) is 2.51. The highest BCUT2D eigenvalue weighted by atomic mass is 19.1. The molecule has 0 spiro atoms. The van der Waals surface area contributed by atoms with Crippen LogP contribution >= 0.6 is 0 Å². The molecule has 0 radical (unpaired) electrons. The van der Waals surface area contributed by atoms with E-state index in [1.807, 2.05) is 6.92 Å². The van der Waals surface area contributed by atoms with Gasteiger partial charge in [-0.1, -0.05) is 6.07 Å².